The number of benzene rings is 1. The van der Waals surface area contributed by atoms with E-state index in [0.717, 1.165) is 11.1 Å². The minimum absolute atomic E-state index is 0.120. The molecule has 1 aromatic rings. The standard InChI is InChI=1S/C13H19NO2/c1-9-7-11(12(15)5-6-14-3)13(16-4)8-10(9)2/h7-8,14H,5-6H2,1-4H3. The molecule has 0 aliphatic rings. The van der Waals surface area contributed by atoms with Crippen LogP contribution in [0.3, 0.4) is 0 Å². The van der Waals surface area contributed by atoms with E-state index in [1.807, 2.05) is 33.0 Å². The highest BCUT2D eigenvalue weighted by molar-refractivity contribution is 5.99. The molecule has 1 aromatic carbocycles. The predicted octanol–water partition coefficient (Wildman–Crippen LogP) is 2.10. The molecule has 1 N–H and O–H groups in total. The molecule has 16 heavy (non-hydrogen) atoms. The highest BCUT2D eigenvalue weighted by Crippen LogP contribution is 2.24. The van der Waals surface area contributed by atoms with Crippen molar-refractivity contribution in [2.45, 2.75) is 20.3 Å². The van der Waals surface area contributed by atoms with Crippen molar-refractivity contribution >= 4 is 5.78 Å². The molecule has 0 saturated carbocycles. The molecular weight excluding hydrogens is 202 g/mol. The monoisotopic (exact) mass is 221 g/mol. The molecule has 3 heteroatoms. The first-order chi connectivity index (χ1) is 7.60. The van der Waals surface area contributed by atoms with Gasteiger partial charge in [-0.25, -0.2) is 0 Å². The zero-order valence-corrected chi connectivity index (χ0v) is 10.4. The number of nitrogens with one attached hydrogen (secondary N) is 1. The molecule has 0 unspecified atom stereocenters. The van der Waals surface area contributed by atoms with Crippen molar-refractivity contribution < 1.29 is 9.53 Å². The van der Waals surface area contributed by atoms with E-state index in [2.05, 4.69) is 5.32 Å². The Labute approximate surface area is 96.8 Å². The van der Waals surface area contributed by atoms with E-state index in [-0.39, 0.29) is 5.78 Å². The number of hydrogen-bond donors (Lipinski definition) is 1. The molecule has 0 fully saturated rings. The average Bonchev–Trinajstić information content (AvgIpc) is 2.28. The van der Waals surface area contributed by atoms with Crippen LogP contribution in [-0.4, -0.2) is 26.5 Å². The Bertz CT molecular complexity index is 386. The molecule has 88 valence electrons. The van der Waals surface area contributed by atoms with Gasteiger partial charge in [0.2, 0.25) is 0 Å². The molecule has 0 spiro atoms. The van der Waals surface area contributed by atoms with Gasteiger partial charge in [0.1, 0.15) is 5.75 Å². The highest BCUT2D eigenvalue weighted by atomic mass is 16.5. The number of carbonyl (C=O) groups excluding carboxylic acids is 1. The summed E-state index contributed by atoms with van der Waals surface area (Å²) in [6.45, 7) is 4.71. The van der Waals surface area contributed by atoms with Crippen LogP contribution in [0.1, 0.15) is 27.9 Å². The number of aryl methyl sites for hydroxylation is 2. The number of Topliss-reactive ketones (excluding diaryl/α,β-unsaturated/α-hetero) is 1. The van der Waals surface area contributed by atoms with Crippen molar-refractivity contribution in [1.29, 1.82) is 0 Å². The third-order valence-corrected chi connectivity index (χ3v) is 2.72. The second kappa shape index (κ2) is 5.66. The van der Waals surface area contributed by atoms with Crippen LogP contribution >= 0.6 is 0 Å². The van der Waals surface area contributed by atoms with E-state index < -0.39 is 0 Å². The van der Waals surface area contributed by atoms with Gasteiger partial charge >= 0.3 is 0 Å². The molecule has 0 aromatic heterocycles. The molecule has 1 rings (SSSR count). The number of methoxy groups -OCH3 is 1. The molecule has 0 amide bonds. The number of rotatable bonds is 5. The van der Waals surface area contributed by atoms with Gasteiger partial charge in [0.15, 0.2) is 5.78 Å². The molecule has 0 heterocycles. The Morgan fingerprint density at radius 2 is 1.94 bits per heavy atom. The zero-order chi connectivity index (χ0) is 12.1. The van der Waals surface area contributed by atoms with Gasteiger partial charge < -0.3 is 10.1 Å². The first-order valence-electron chi connectivity index (χ1n) is 5.43. The van der Waals surface area contributed by atoms with E-state index in [9.17, 15) is 4.79 Å². The second-order valence-corrected chi connectivity index (χ2v) is 3.91. The summed E-state index contributed by atoms with van der Waals surface area (Å²) < 4.78 is 5.24. The lowest BCUT2D eigenvalue weighted by molar-refractivity contribution is 0.0980. The second-order valence-electron chi connectivity index (χ2n) is 3.91. The summed E-state index contributed by atoms with van der Waals surface area (Å²) in [5.74, 6) is 0.790. The first kappa shape index (κ1) is 12.7. The van der Waals surface area contributed by atoms with Crippen LogP contribution in [0.25, 0.3) is 0 Å². The largest absolute Gasteiger partial charge is 0.496 e. The lowest BCUT2D eigenvalue weighted by atomic mass is 10.0. The molecule has 3 nitrogen and oxygen atoms in total. The van der Waals surface area contributed by atoms with Gasteiger partial charge in [0, 0.05) is 13.0 Å². The van der Waals surface area contributed by atoms with Gasteiger partial charge in [0.25, 0.3) is 0 Å². The summed E-state index contributed by atoms with van der Waals surface area (Å²) in [7, 11) is 3.43. The minimum Gasteiger partial charge on any atom is -0.496 e. The van der Waals surface area contributed by atoms with Crippen LogP contribution in [0.15, 0.2) is 12.1 Å². The van der Waals surface area contributed by atoms with Crippen molar-refractivity contribution in [3.63, 3.8) is 0 Å². The minimum atomic E-state index is 0.120. The topological polar surface area (TPSA) is 38.3 Å². The van der Waals surface area contributed by atoms with Crippen molar-refractivity contribution in [3.05, 3.63) is 28.8 Å². The van der Waals surface area contributed by atoms with Crippen LogP contribution in [0.2, 0.25) is 0 Å². The van der Waals surface area contributed by atoms with Crippen LogP contribution in [-0.2, 0) is 0 Å². The Morgan fingerprint density at radius 3 is 2.50 bits per heavy atom. The maximum atomic E-state index is 11.9. The van der Waals surface area contributed by atoms with E-state index in [4.69, 9.17) is 4.74 Å². The third kappa shape index (κ3) is 2.83. The smallest absolute Gasteiger partial charge is 0.167 e. The average molecular weight is 221 g/mol. The number of hydrogen-bond acceptors (Lipinski definition) is 3. The predicted molar refractivity (Wildman–Crippen MR) is 65.3 cm³/mol. The van der Waals surface area contributed by atoms with Gasteiger partial charge in [-0.1, -0.05) is 0 Å². The van der Waals surface area contributed by atoms with Gasteiger partial charge in [-0.05, 0) is 44.2 Å². The quantitative estimate of drug-likeness (QED) is 0.774. The summed E-state index contributed by atoms with van der Waals surface area (Å²) in [6.07, 6.45) is 0.495. The Morgan fingerprint density at radius 1 is 1.31 bits per heavy atom. The van der Waals surface area contributed by atoms with Crippen molar-refractivity contribution in [2.24, 2.45) is 0 Å². The van der Waals surface area contributed by atoms with Crippen molar-refractivity contribution in [2.75, 3.05) is 20.7 Å². The fourth-order valence-corrected chi connectivity index (χ4v) is 1.55. The fraction of sp³-hybridized carbons (Fsp3) is 0.462. The summed E-state index contributed by atoms with van der Waals surface area (Å²) in [6, 6.07) is 3.83. The molecule has 0 bridgehead atoms. The summed E-state index contributed by atoms with van der Waals surface area (Å²) in [5, 5.41) is 2.97. The van der Waals surface area contributed by atoms with Gasteiger partial charge in [-0.15, -0.1) is 0 Å². The first-order valence-corrected chi connectivity index (χ1v) is 5.43. The maximum absolute atomic E-state index is 11.9. The maximum Gasteiger partial charge on any atom is 0.167 e. The van der Waals surface area contributed by atoms with Crippen molar-refractivity contribution in [3.8, 4) is 5.75 Å². The summed E-state index contributed by atoms with van der Waals surface area (Å²) in [5.41, 5.74) is 2.94. The molecular formula is C13H19NO2. The lowest BCUT2D eigenvalue weighted by Gasteiger charge is -2.10. The van der Waals surface area contributed by atoms with E-state index in [1.165, 1.54) is 0 Å². The number of ether oxygens (including phenoxy) is 1. The van der Waals surface area contributed by atoms with Gasteiger partial charge in [-0.3, -0.25) is 4.79 Å². The van der Waals surface area contributed by atoms with E-state index in [1.54, 1.807) is 7.11 Å². The fourth-order valence-electron chi connectivity index (χ4n) is 1.55. The molecule has 0 atom stereocenters. The molecule has 0 saturated heterocycles. The SMILES string of the molecule is CNCCC(=O)c1cc(C)c(C)cc1OC. The normalized spacial score (nSPS) is 10.2. The summed E-state index contributed by atoms with van der Waals surface area (Å²) in [4.78, 5) is 11.9. The summed E-state index contributed by atoms with van der Waals surface area (Å²) >= 11 is 0. The van der Waals surface area contributed by atoms with Crippen LogP contribution in [0.5, 0.6) is 5.75 Å². The zero-order valence-electron chi connectivity index (χ0n) is 10.4. The van der Waals surface area contributed by atoms with E-state index in [0.29, 0.717) is 24.3 Å². The molecule has 0 aliphatic carbocycles. The number of carbonyl (C=O) groups is 1. The molecule has 0 radical (unpaired) electrons. The lowest BCUT2D eigenvalue weighted by Crippen LogP contribution is -2.14. The van der Waals surface area contributed by atoms with Crippen molar-refractivity contribution in [1.82, 2.24) is 5.32 Å². The van der Waals surface area contributed by atoms with Crippen LogP contribution in [0, 0.1) is 13.8 Å². The van der Waals surface area contributed by atoms with Crippen LogP contribution < -0.4 is 10.1 Å². The van der Waals surface area contributed by atoms with E-state index >= 15 is 0 Å². The van der Waals surface area contributed by atoms with Gasteiger partial charge in [0.05, 0.1) is 12.7 Å². The number of ketones is 1. The highest BCUT2D eigenvalue weighted by Gasteiger charge is 2.13. The van der Waals surface area contributed by atoms with Crippen LogP contribution in [0.4, 0.5) is 0 Å². The Balaban J connectivity index is 3.02. The third-order valence-electron chi connectivity index (χ3n) is 2.72. The Hall–Kier alpha value is -1.35. The van der Waals surface area contributed by atoms with Gasteiger partial charge in [-0.2, -0.15) is 0 Å². The Kier molecular flexibility index (Phi) is 4.50. The molecule has 0 aliphatic heterocycles.